The van der Waals surface area contributed by atoms with Crippen molar-refractivity contribution < 1.29 is 18.3 Å². The molecule has 0 aliphatic carbocycles. The van der Waals surface area contributed by atoms with Crippen molar-refractivity contribution >= 4 is 17.6 Å². The van der Waals surface area contributed by atoms with Gasteiger partial charge in [0.2, 0.25) is 0 Å². The molecule has 2 aromatic rings. The van der Waals surface area contributed by atoms with Crippen LogP contribution in [0, 0.1) is 6.92 Å². The maximum Gasteiger partial charge on any atom is 0.281 e. The van der Waals surface area contributed by atoms with Crippen molar-refractivity contribution in [2.24, 2.45) is 0 Å². The summed E-state index contributed by atoms with van der Waals surface area (Å²) in [7, 11) is 3.85. The van der Waals surface area contributed by atoms with Crippen molar-refractivity contribution in [3.8, 4) is 0 Å². The van der Waals surface area contributed by atoms with Gasteiger partial charge in [-0.25, -0.2) is 13.8 Å². The summed E-state index contributed by atoms with van der Waals surface area (Å²) in [4.78, 5) is 13.9. The number of ether oxygens (including phenoxy) is 2. The van der Waals surface area contributed by atoms with E-state index in [2.05, 4.69) is 42.8 Å². The van der Waals surface area contributed by atoms with Crippen LogP contribution in [-0.4, -0.2) is 110 Å². The fraction of sp³-hybridized carbons (Fsp3) is 0.643. The average Bonchev–Trinajstić information content (AvgIpc) is 3.22. The van der Waals surface area contributed by atoms with Crippen LogP contribution < -0.4 is 9.80 Å². The number of alkyl halides is 2. The lowest BCUT2D eigenvalue weighted by Crippen LogP contribution is -2.69. The topological polar surface area (TPSA) is 62.1 Å². The highest BCUT2D eigenvalue weighted by Crippen LogP contribution is 2.47. The predicted molar refractivity (Wildman–Crippen MR) is 145 cm³/mol. The third-order valence-electron chi connectivity index (χ3n) is 9.35. The Morgan fingerprint density at radius 2 is 1.97 bits per heavy atom. The first-order valence-corrected chi connectivity index (χ1v) is 14.0. The number of hydrogen-bond donors (Lipinski definition) is 0. The Morgan fingerprint density at radius 3 is 2.72 bits per heavy atom. The lowest BCUT2D eigenvalue weighted by molar-refractivity contribution is -0.119. The molecule has 1 spiro atoms. The van der Waals surface area contributed by atoms with E-state index < -0.39 is 12.0 Å². The predicted octanol–water partition coefficient (Wildman–Crippen LogP) is 2.68. The summed E-state index contributed by atoms with van der Waals surface area (Å²) in [6.45, 7) is 9.30. The number of aromatic nitrogens is 3. The number of hydrogen-bond acceptors (Lipinski definition) is 8. The van der Waals surface area contributed by atoms with Gasteiger partial charge in [0.05, 0.1) is 49.9 Å². The maximum atomic E-state index is 14.4. The number of rotatable bonds is 5. The van der Waals surface area contributed by atoms with E-state index in [-0.39, 0.29) is 11.7 Å². The van der Waals surface area contributed by atoms with Crippen LogP contribution in [0.3, 0.4) is 0 Å². The van der Waals surface area contributed by atoms with Gasteiger partial charge in [-0.05, 0) is 26.0 Å². The molecule has 7 rings (SSSR count). The van der Waals surface area contributed by atoms with E-state index in [1.165, 1.54) is 0 Å². The number of pyridine rings is 1. The molecule has 5 aliphatic heterocycles. The standard InChI is InChI=1S/C28H37F2N7O2/c1-18-12-31-37-19(14-38-3)15-39-28(26(18)37)16-35(17-28)24-11-22-20(25(32-24)27(29)30)5-4-6-21-23(13-36(21)22)34-9-7-33(2)8-10-34/h4-5,11-12,19,21,23,27H,6-10,13-17H2,1-3H3/t19?,21-,23+/m0/s1. The van der Waals surface area contributed by atoms with Crippen LogP contribution in [0.1, 0.15) is 41.4 Å². The molecule has 11 heteroatoms. The first-order valence-electron chi connectivity index (χ1n) is 14.0. The van der Waals surface area contributed by atoms with Crippen LogP contribution >= 0.6 is 0 Å². The van der Waals surface area contributed by atoms with Gasteiger partial charge in [0, 0.05) is 63.5 Å². The smallest absolute Gasteiger partial charge is 0.281 e. The largest absolute Gasteiger partial charge is 0.382 e. The minimum absolute atomic E-state index is 0.0258. The monoisotopic (exact) mass is 541 g/mol. The molecule has 3 atom stereocenters. The number of likely N-dealkylation sites (N-methyl/N-ethyl adjacent to an activating group) is 1. The number of methoxy groups -OCH3 is 1. The normalized spacial score (nSPS) is 28.1. The molecule has 0 amide bonds. The summed E-state index contributed by atoms with van der Waals surface area (Å²) in [6.07, 6.45) is 4.02. The van der Waals surface area contributed by atoms with E-state index in [0.29, 0.717) is 49.8 Å². The Labute approximate surface area is 227 Å². The summed E-state index contributed by atoms with van der Waals surface area (Å²) >= 11 is 0. The van der Waals surface area contributed by atoms with Gasteiger partial charge in [-0.1, -0.05) is 12.2 Å². The zero-order chi connectivity index (χ0) is 26.9. The van der Waals surface area contributed by atoms with Gasteiger partial charge in [-0.3, -0.25) is 9.58 Å². The lowest BCUT2D eigenvalue weighted by atomic mass is 9.86. The van der Waals surface area contributed by atoms with E-state index in [9.17, 15) is 8.78 Å². The highest BCUT2D eigenvalue weighted by atomic mass is 19.3. The van der Waals surface area contributed by atoms with Gasteiger partial charge < -0.3 is 24.2 Å². The Balaban J connectivity index is 1.16. The van der Waals surface area contributed by atoms with Crippen molar-refractivity contribution in [3.05, 3.63) is 40.9 Å². The van der Waals surface area contributed by atoms with Gasteiger partial charge in [-0.15, -0.1) is 0 Å². The number of fused-ring (bicyclic) bond motifs is 5. The molecule has 0 aromatic carbocycles. The molecular weight excluding hydrogens is 504 g/mol. The first-order chi connectivity index (χ1) is 18.9. The van der Waals surface area contributed by atoms with Crippen LogP contribution in [0.25, 0.3) is 6.08 Å². The molecule has 0 N–H and O–H groups in total. The van der Waals surface area contributed by atoms with E-state index in [0.717, 1.165) is 56.1 Å². The summed E-state index contributed by atoms with van der Waals surface area (Å²) in [5.41, 5.74) is 2.92. The average molecular weight is 542 g/mol. The molecule has 39 heavy (non-hydrogen) atoms. The number of nitrogens with zero attached hydrogens (tertiary/aromatic N) is 7. The minimum atomic E-state index is -2.64. The van der Waals surface area contributed by atoms with Gasteiger partial charge in [-0.2, -0.15) is 5.10 Å². The molecule has 1 unspecified atom stereocenters. The summed E-state index contributed by atoms with van der Waals surface area (Å²) in [5.74, 6) is 0.595. The second kappa shape index (κ2) is 9.50. The van der Waals surface area contributed by atoms with Crippen molar-refractivity contribution in [3.63, 3.8) is 0 Å². The second-order valence-corrected chi connectivity index (χ2v) is 11.8. The molecule has 0 radical (unpaired) electrons. The van der Waals surface area contributed by atoms with Crippen molar-refractivity contribution in [2.45, 2.75) is 43.5 Å². The molecule has 3 saturated heterocycles. The minimum Gasteiger partial charge on any atom is -0.382 e. The zero-order valence-electron chi connectivity index (χ0n) is 22.9. The maximum absolute atomic E-state index is 14.4. The van der Waals surface area contributed by atoms with E-state index in [4.69, 9.17) is 9.47 Å². The van der Waals surface area contributed by atoms with Gasteiger partial charge >= 0.3 is 0 Å². The second-order valence-electron chi connectivity index (χ2n) is 11.8. The van der Waals surface area contributed by atoms with Crippen LogP contribution in [0.4, 0.5) is 20.3 Å². The molecule has 9 nitrogen and oxygen atoms in total. The third-order valence-corrected chi connectivity index (χ3v) is 9.35. The summed E-state index contributed by atoms with van der Waals surface area (Å²) in [5, 5.41) is 4.61. The molecule has 2 aromatic heterocycles. The van der Waals surface area contributed by atoms with Gasteiger partial charge in [0.1, 0.15) is 17.1 Å². The number of piperazine rings is 1. The Bertz CT molecular complexity index is 1270. The molecule has 210 valence electrons. The summed E-state index contributed by atoms with van der Waals surface area (Å²) < 4.78 is 42.6. The fourth-order valence-electron chi connectivity index (χ4n) is 7.18. The lowest BCUT2D eigenvalue weighted by Gasteiger charge is -2.55. The Hall–Kier alpha value is -2.60. The molecule has 5 aliphatic rings. The van der Waals surface area contributed by atoms with E-state index >= 15 is 0 Å². The van der Waals surface area contributed by atoms with Crippen molar-refractivity contribution in [1.29, 1.82) is 0 Å². The highest BCUT2D eigenvalue weighted by molar-refractivity contribution is 5.76. The number of anilines is 2. The molecule has 7 heterocycles. The fourth-order valence-corrected chi connectivity index (χ4v) is 7.18. The van der Waals surface area contributed by atoms with Gasteiger partial charge in [0.25, 0.3) is 6.43 Å². The third kappa shape index (κ3) is 4.00. The van der Waals surface area contributed by atoms with Crippen LogP contribution in [0.5, 0.6) is 0 Å². The van der Waals surface area contributed by atoms with Crippen molar-refractivity contribution in [1.82, 2.24) is 24.6 Å². The molecule has 0 saturated carbocycles. The van der Waals surface area contributed by atoms with Crippen molar-refractivity contribution in [2.75, 3.05) is 83.0 Å². The molecular formula is C28H37F2N7O2. The first kappa shape index (κ1) is 25.4. The Morgan fingerprint density at radius 1 is 1.18 bits per heavy atom. The van der Waals surface area contributed by atoms with Crippen LogP contribution in [-0.2, 0) is 15.1 Å². The zero-order valence-corrected chi connectivity index (χ0v) is 22.9. The quantitative estimate of drug-likeness (QED) is 0.573. The summed E-state index contributed by atoms with van der Waals surface area (Å²) in [6, 6.07) is 2.80. The highest BCUT2D eigenvalue weighted by Gasteiger charge is 2.53. The van der Waals surface area contributed by atoms with Crippen LogP contribution in [0.2, 0.25) is 0 Å². The number of halogens is 2. The molecule has 0 bridgehead atoms. The van der Waals surface area contributed by atoms with E-state index in [1.807, 2.05) is 29.9 Å². The van der Waals surface area contributed by atoms with Gasteiger partial charge in [0.15, 0.2) is 0 Å². The molecule has 3 fully saturated rings. The van der Waals surface area contributed by atoms with E-state index in [1.54, 1.807) is 7.11 Å². The van der Waals surface area contributed by atoms with Crippen LogP contribution in [0.15, 0.2) is 18.3 Å². The Kier molecular flexibility index (Phi) is 6.18. The SMILES string of the molecule is COCC1COC2(CN(c3cc4c(c(C(F)F)n3)C=CC[C@H]3[C@H](N5CCN(C)CC5)CN43)C2)c2c(C)cnn21. The number of aryl methyl sites for hydroxylation is 1.